The van der Waals surface area contributed by atoms with Gasteiger partial charge >= 0.3 is 11.7 Å². The number of sulfone groups is 1. The number of rotatable bonds is 8. The summed E-state index contributed by atoms with van der Waals surface area (Å²) >= 11 is 0. The van der Waals surface area contributed by atoms with Crippen LogP contribution in [0.1, 0.15) is 17.0 Å². The second kappa shape index (κ2) is 10.4. The Balaban J connectivity index is 1.56. The Morgan fingerprint density at radius 1 is 1.09 bits per heavy atom. The van der Waals surface area contributed by atoms with Crippen molar-refractivity contribution in [1.82, 2.24) is 9.78 Å². The number of halogens is 2. The summed E-state index contributed by atoms with van der Waals surface area (Å²) in [6.07, 6.45) is 2.74. The molecule has 1 amide bonds. The van der Waals surface area contributed by atoms with Gasteiger partial charge in [-0.25, -0.2) is 17.9 Å². The zero-order valence-corrected chi connectivity index (χ0v) is 19.1. The van der Waals surface area contributed by atoms with Crippen molar-refractivity contribution in [2.45, 2.75) is 24.5 Å². The number of aryl methyl sites for hydroxylation is 1. The van der Waals surface area contributed by atoms with E-state index in [1.54, 1.807) is 10.8 Å². The molecule has 0 aliphatic carbocycles. The first-order chi connectivity index (χ1) is 16.1. The molecule has 0 radical (unpaired) electrons. The average Bonchev–Trinajstić information content (AvgIpc) is 3.10. The number of nitrogens with zero attached hydrogens (tertiary/aromatic N) is 2. The van der Waals surface area contributed by atoms with Crippen LogP contribution in [0.4, 0.5) is 14.5 Å². The Morgan fingerprint density at radius 3 is 2.35 bits per heavy atom. The molecule has 0 unspecified atom stereocenters. The number of para-hydroxylation sites is 1. The van der Waals surface area contributed by atoms with Crippen LogP contribution in [0.3, 0.4) is 0 Å². The highest BCUT2D eigenvalue weighted by atomic mass is 32.2. The van der Waals surface area contributed by atoms with Gasteiger partial charge in [0.05, 0.1) is 16.3 Å². The summed E-state index contributed by atoms with van der Waals surface area (Å²) in [7, 11) is -4.72. The van der Waals surface area contributed by atoms with E-state index in [2.05, 4.69) is 10.4 Å². The summed E-state index contributed by atoms with van der Waals surface area (Å²) in [5, 5.41) is 6.86. The van der Waals surface area contributed by atoms with Crippen LogP contribution in [0, 0.1) is 13.8 Å². The van der Waals surface area contributed by atoms with Crippen LogP contribution in [0.5, 0.6) is 0 Å². The number of anilines is 1. The summed E-state index contributed by atoms with van der Waals surface area (Å²) in [5.41, 5.74) is 3.30. The standard InChI is InChI=1S/C23H21F2N3O5S/c1-15-20(16(2)28(27-15)18-6-4-3-5-7-18)12-13-22(30)33-14-21(29)26-17-8-10-19(11-9-17)34(31,32)23(24)25/h3-13,23H,14H2,1-2H3,(H,26,29)/b13-12+. The molecule has 0 atom stereocenters. The lowest BCUT2D eigenvalue weighted by Gasteiger charge is -2.07. The van der Waals surface area contributed by atoms with Crippen molar-refractivity contribution in [3.05, 3.63) is 77.6 Å². The lowest BCUT2D eigenvalue weighted by atomic mass is 10.2. The third kappa shape index (κ3) is 5.73. The molecule has 3 aromatic rings. The summed E-state index contributed by atoms with van der Waals surface area (Å²) in [6.45, 7) is 3.08. The first kappa shape index (κ1) is 24.8. The third-order valence-electron chi connectivity index (χ3n) is 4.78. The normalized spacial score (nSPS) is 11.7. The van der Waals surface area contributed by atoms with Crippen LogP contribution in [0.15, 0.2) is 65.6 Å². The van der Waals surface area contributed by atoms with Crippen LogP contribution in [-0.2, 0) is 24.2 Å². The predicted molar refractivity (Wildman–Crippen MR) is 121 cm³/mol. The number of benzene rings is 2. The molecule has 0 fully saturated rings. The maximum atomic E-state index is 12.6. The fourth-order valence-electron chi connectivity index (χ4n) is 3.08. The quantitative estimate of drug-likeness (QED) is 0.382. The number of carbonyl (C=O) groups excluding carboxylic acids is 2. The second-order valence-corrected chi connectivity index (χ2v) is 9.07. The van der Waals surface area contributed by atoms with E-state index < -0.39 is 39.0 Å². The molecule has 0 aliphatic rings. The van der Waals surface area contributed by atoms with Gasteiger partial charge in [-0.15, -0.1) is 0 Å². The Bertz CT molecular complexity index is 1320. The summed E-state index contributed by atoms with van der Waals surface area (Å²) in [6, 6.07) is 13.7. The highest BCUT2D eigenvalue weighted by Crippen LogP contribution is 2.21. The summed E-state index contributed by atoms with van der Waals surface area (Å²) in [5.74, 6) is -4.98. The molecule has 0 aliphatic heterocycles. The summed E-state index contributed by atoms with van der Waals surface area (Å²) < 4.78 is 54.6. The highest BCUT2D eigenvalue weighted by Gasteiger charge is 2.26. The van der Waals surface area contributed by atoms with Crippen LogP contribution >= 0.6 is 0 Å². The molecule has 0 saturated heterocycles. The molecule has 1 heterocycles. The third-order valence-corrected chi connectivity index (χ3v) is 6.18. The Labute approximate surface area is 194 Å². The van der Waals surface area contributed by atoms with Gasteiger partial charge in [0.1, 0.15) is 0 Å². The van der Waals surface area contributed by atoms with Crippen molar-refractivity contribution in [3.63, 3.8) is 0 Å². The molecule has 178 valence electrons. The van der Waals surface area contributed by atoms with Gasteiger partial charge in [0.15, 0.2) is 6.61 Å². The Morgan fingerprint density at radius 2 is 1.74 bits per heavy atom. The van der Waals surface area contributed by atoms with Gasteiger partial charge in [0, 0.05) is 23.0 Å². The van der Waals surface area contributed by atoms with Crippen molar-refractivity contribution < 1.29 is 31.5 Å². The fourth-order valence-corrected chi connectivity index (χ4v) is 3.80. The number of alkyl halides is 2. The SMILES string of the molecule is Cc1nn(-c2ccccc2)c(C)c1/C=C/C(=O)OCC(=O)Nc1ccc(S(=O)(=O)C(F)F)cc1. The first-order valence-corrected chi connectivity index (χ1v) is 11.5. The van der Waals surface area contributed by atoms with E-state index in [4.69, 9.17) is 4.74 Å². The van der Waals surface area contributed by atoms with Crippen LogP contribution < -0.4 is 5.32 Å². The lowest BCUT2D eigenvalue weighted by Crippen LogP contribution is -2.20. The monoisotopic (exact) mass is 489 g/mol. The van der Waals surface area contributed by atoms with E-state index in [1.165, 1.54) is 6.08 Å². The van der Waals surface area contributed by atoms with Crippen molar-refractivity contribution in [2.24, 2.45) is 0 Å². The molecule has 1 N–H and O–H groups in total. The zero-order valence-electron chi connectivity index (χ0n) is 18.2. The van der Waals surface area contributed by atoms with Crippen molar-refractivity contribution in [2.75, 3.05) is 11.9 Å². The maximum absolute atomic E-state index is 12.6. The van der Waals surface area contributed by atoms with Gasteiger partial charge in [0.2, 0.25) is 9.84 Å². The molecule has 8 nitrogen and oxygen atoms in total. The molecule has 11 heteroatoms. The summed E-state index contributed by atoms with van der Waals surface area (Å²) in [4.78, 5) is 23.5. The number of hydrogen-bond donors (Lipinski definition) is 1. The Hall–Kier alpha value is -3.86. The van der Waals surface area contributed by atoms with Crippen molar-refractivity contribution in [1.29, 1.82) is 0 Å². The second-order valence-electron chi connectivity index (χ2n) is 7.15. The van der Waals surface area contributed by atoms with Crippen LogP contribution in [0.2, 0.25) is 0 Å². The number of nitrogens with one attached hydrogen (secondary N) is 1. The molecule has 0 saturated carbocycles. The molecule has 0 spiro atoms. The number of ether oxygens (including phenoxy) is 1. The lowest BCUT2D eigenvalue weighted by molar-refractivity contribution is -0.142. The molecule has 3 rings (SSSR count). The molecule has 1 aromatic heterocycles. The van der Waals surface area contributed by atoms with E-state index in [-0.39, 0.29) is 5.69 Å². The van der Waals surface area contributed by atoms with E-state index in [0.717, 1.165) is 41.2 Å². The van der Waals surface area contributed by atoms with E-state index in [9.17, 15) is 26.8 Å². The molecular formula is C23H21F2N3O5S. The Kier molecular flexibility index (Phi) is 7.57. The fraction of sp³-hybridized carbons (Fsp3) is 0.174. The van der Waals surface area contributed by atoms with E-state index in [0.29, 0.717) is 5.69 Å². The smallest absolute Gasteiger partial charge is 0.341 e. The van der Waals surface area contributed by atoms with Gasteiger partial charge < -0.3 is 10.1 Å². The average molecular weight is 490 g/mol. The van der Waals surface area contributed by atoms with Crippen molar-refractivity contribution in [3.8, 4) is 5.69 Å². The number of aromatic nitrogens is 2. The van der Waals surface area contributed by atoms with E-state index in [1.807, 2.05) is 44.2 Å². The van der Waals surface area contributed by atoms with Gasteiger partial charge in [-0.05, 0) is 56.3 Å². The number of hydrogen-bond acceptors (Lipinski definition) is 6. The topological polar surface area (TPSA) is 107 Å². The minimum absolute atomic E-state index is 0.157. The van der Waals surface area contributed by atoms with Crippen LogP contribution in [-0.4, -0.2) is 42.4 Å². The van der Waals surface area contributed by atoms with Gasteiger partial charge in [-0.2, -0.15) is 13.9 Å². The number of carbonyl (C=O) groups is 2. The first-order valence-electron chi connectivity index (χ1n) is 9.98. The maximum Gasteiger partial charge on any atom is 0.341 e. The van der Waals surface area contributed by atoms with Crippen LogP contribution in [0.25, 0.3) is 11.8 Å². The predicted octanol–water partition coefficient (Wildman–Crippen LogP) is 3.68. The molecule has 0 bridgehead atoms. The molecule has 2 aromatic carbocycles. The largest absolute Gasteiger partial charge is 0.452 e. The minimum atomic E-state index is -4.72. The number of amides is 1. The minimum Gasteiger partial charge on any atom is -0.452 e. The number of esters is 1. The van der Waals surface area contributed by atoms with Crippen molar-refractivity contribution >= 4 is 33.5 Å². The zero-order chi connectivity index (χ0) is 24.9. The van der Waals surface area contributed by atoms with Gasteiger partial charge in [-0.1, -0.05) is 18.2 Å². The molecule has 34 heavy (non-hydrogen) atoms. The van der Waals surface area contributed by atoms with Gasteiger partial charge in [0.25, 0.3) is 5.91 Å². The molecular weight excluding hydrogens is 468 g/mol. The van der Waals surface area contributed by atoms with Gasteiger partial charge in [-0.3, -0.25) is 4.79 Å². The van der Waals surface area contributed by atoms with E-state index >= 15 is 0 Å². The highest BCUT2D eigenvalue weighted by molar-refractivity contribution is 7.91.